The summed E-state index contributed by atoms with van der Waals surface area (Å²) in [6.45, 7) is 4.29. The summed E-state index contributed by atoms with van der Waals surface area (Å²) in [6, 6.07) is 6.86. The Hall–Kier alpha value is -1.26. The Balaban J connectivity index is 2.10. The molecule has 2 N–H and O–H groups in total. The van der Waals surface area contributed by atoms with Crippen LogP contribution < -0.4 is 5.73 Å². The average Bonchev–Trinajstić information content (AvgIpc) is 2.78. The van der Waals surface area contributed by atoms with Crippen molar-refractivity contribution in [2.75, 3.05) is 0 Å². The van der Waals surface area contributed by atoms with Crippen molar-refractivity contribution in [3.63, 3.8) is 0 Å². The molecule has 102 valence electrons. The molecule has 0 saturated heterocycles. The molecule has 1 aromatic heterocycles. The predicted molar refractivity (Wildman–Crippen MR) is 80.5 cm³/mol. The minimum atomic E-state index is 0.260. The quantitative estimate of drug-likeness (QED) is 0.911. The average molecular weight is 275 g/mol. The Morgan fingerprint density at radius 1 is 1.37 bits per heavy atom. The lowest BCUT2D eigenvalue weighted by Gasteiger charge is -2.12. The van der Waals surface area contributed by atoms with Gasteiger partial charge in [0, 0.05) is 24.2 Å². The first-order valence-corrected chi connectivity index (χ1v) is 7.41. The number of nitrogens with two attached hydrogens (primary N) is 1. The summed E-state index contributed by atoms with van der Waals surface area (Å²) in [4.78, 5) is 2.42. The summed E-state index contributed by atoms with van der Waals surface area (Å²) in [5.41, 5.74) is 8.69. The zero-order chi connectivity index (χ0) is 13.8. The molecular formula is C15H21N3S. The van der Waals surface area contributed by atoms with E-state index in [-0.39, 0.29) is 6.04 Å². The van der Waals surface area contributed by atoms with Gasteiger partial charge in [0.25, 0.3) is 0 Å². The zero-order valence-corrected chi connectivity index (χ0v) is 12.6. The molecule has 19 heavy (non-hydrogen) atoms. The molecule has 1 unspecified atom stereocenters. The van der Waals surface area contributed by atoms with Crippen molar-refractivity contribution in [3.8, 4) is 0 Å². The molecular weight excluding hydrogens is 254 g/mol. The van der Waals surface area contributed by atoms with Crippen LogP contribution in [-0.2, 0) is 13.5 Å². The van der Waals surface area contributed by atoms with E-state index in [1.165, 1.54) is 20.9 Å². The Bertz CT molecular complexity index is 548. The SMILES string of the molecule is CCC(N)Cc1ccc(Sc2cnn(C)c2)cc1C. The van der Waals surface area contributed by atoms with E-state index >= 15 is 0 Å². The van der Waals surface area contributed by atoms with Crippen LogP contribution in [0.1, 0.15) is 24.5 Å². The monoisotopic (exact) mass is 275 g/mol. The van der Waals surface area contributed by atoms with E-state index in [9.17, 15) is 0 Å². The van der Waals surface area contributed by atoms with Crippen LogP contribution in [0.5, 0.6) is 0 Å². The van der Waals surface area contributed by atoms with Gasteiger partial charge in [0.1, 0.15) is 0 Å². The van der Waals surface area contributed by atoms with Crippen LogP contribution in [-0.4, -0.2) is 15.8 Å². The zero-order valence-electron chi connectivity index (χ0n) is 11.8. The molecule has 1 heterocycles. The highest BCUT2D eigenvalue weighted by molar-refractivity contribution is 7.99. The number of benzene rings is 1. The van der Waals surface area contributed by atoms with Crippen LogP contribution >= 0.6 is 11.8 Å². The van der Waals surface area contributed by atoms with Crippen LogP contribution in [0.15, 0.2) is 40.4 Å². The van der Waals surface area contributed by atoms with Gasteiger partial charge < -0.3 is 5.73 Å². The number of nitrogens with zero attached hydrogens (tertiary/aromatic N) is 2. The second-order valence-electron chi connectivity index (χ2n) is 4.91. The first-order chi connectivity index (χ1) is 9.08. The first-order valence-electron chi connectivity index (χ1n) is 6.60. The number of aromatic nitrogens is 2. The fourth-order valence-corrected chi connectivity index (χ4v) is 2.92. The van der Waals surface area contributed by atoms with Crippen LogP contribution in [0.3, 0.4) is 0 Å². The van der Waals surface area contributed by atoms with E-state index in [0.717, 1.165) is 12.8 Å². The Morgan fingerprint density at radius 2 is 2.16 bits per heavy atom. The highest BCUT2D eigenvalue weighted by Crippen LogP contribution is 2.28. The van der Waals surface area contributed by atoms with Crippen LogP contribution in [0.4, 0.5) is 0 Å². The van der Waals surface area contributed by atoms with Gasteiger partial charge in [0.2, 0.25) is 0 Å². The van der Waals surface area contributed by atoms with E-state index in [0.29, 0.717) is 0 Å². The molecule has 3 nitrogen and oxygen atoms in total. The summed E-state index contributed by atoms with van der Waals surface area (Å²) in [6.07, 6.45) is 5.90. The van der Waals surface area contributed by atoms with E-state index < -0.39 is 0 Å². The third-order valence-electron chi connectivity index (χ3n) is 3.24. The van der Waals surface area contributed by atoms with Gasteiger partial charge in [0.15, 0.2) is 0 Å². The van der Waals surface area contributed by atoms with Crippen molar-refractivity contribution in [2.24, 2.45) is 12.8 Å². The molecule has 0 aliphatic rings. The smallest absolute Gasteiger partial charge is 0.0629 e. The second-order valence-corrected chi connectivity index (χ2v) is 6.06. The fourth-order valence-electron chi connectivity index (χ4n) is 1.98. The fraction of sp³-hybridized carbons (Fsp3) is 0.400. The number of hydrogen-bond donors (Lipinski definition) is 1. The van der Waals surface area contributed by atoms with E-state index in [1.807, 2.05) is 24.1 Å². The van der Waals surface area contributed by atoms with E-state index in [4.69, 9.17) is 5.73 Å². The molecule has 0 radical (unpaired) electrons. The lowest BCUT2D eigenvalue weighted by atomic mass is 10.0. The predicted octanol–water partition coefficient (Wildman–Crippen LogP) is 3.16. The van der Waals surface area contributed by atoms with Crippen molar-refractivity contribution in [2.45, 2.75) is 42.5 Å². The molecule has 0 saturated carbocycles. The van der Waals surface area contributed by atoms with Crippen LogP contribution in [0.25, 0.3) is 0 Å². The Labute approximate surface area is 119 Å². The molecule has 1 aromatic carbocycles. The van der Waals surface area contributed by atoms with Gasteiger partial charge in [-0.1, -0.05) is 24.8 Å². The molecule has 0 aliphatic heterocycles. The van der Waals surface area contributed by atoms with Gasteiger partial charge in [0.05, 0.1) is 11.1 Å². The largest absolute Gasteiger partial charge is 0.327 e. The third-order valence-corrected chi connectivity index (χ3v) is 4.17. The first kappa shape index (κ1) is 14.2. The highest BCUT2D eigenvalue weighted by Gasteiger charge is 2.06. The summed E-state index contributed by atoms with van der Waals surface area (Å²) in [5.74, 6) is 0. The maximum atomic E-state index is 6.02. The van der Waals surface area contributed by atoms with Gasteiger partial charge in [-0.3, -0.25) is 4.68 Å². The molecule has 0 aliphatic carbocycles. The summed E-state index contributed by atoms with van der Waals surface area (Å²) in [7, 11) is 1.94. The highest BCUT2D eigenvalue weighted by atomic mass is 32.2. The van der Waals surface area contributed by atoms with Gasteiger partial charge >= 0.3 is 0 Å². The topological polar surface area (TPSA) is 43.8 Å². The van der Waals surface area contributed by atoms with E-state index in [1.54, 1.807) is 11.8 Å². The molecule has 4 heteroatoms. The second kappa shape index (κ2) is 6.26. The summed E-state index contributed by atoms with van der Waals surface area (Å²) >= 11 is 1.74. The Morgan fingerprint density at radius 3 is 2.74 bits per heavy atom. The van der Waals surface area contributed by atoms with Gasteiger partial charge in [-0.05, 0) is 43.0 Å². The summed E-state index contributed by atoms with van der Waals surface area (Å²) in [5, 5.41) is 4.18. The van der Waals surface area contributed by atoms with Crippen LogP contribution in [0, 0.1) is 6.92 Å². The minimum absolute atomic E-state index is 0.260. The Kier molecular flexibility index (Phi) is 4.66. The molecule has 0 fully saturated rings. The van der Waals surface area contributed by atoms with Crippen molar-refractivity contribution in [3.05, 3.63) is 41.7 Å². The maximum absolute atomic E-state index is 6.02. The molecule has 0 spiro atoms. The number of hydrogen-bond acceptors (Lipinski definition) is 3. The number of rotatable bonds is 5. The van der Waals surface area contributed by atoms with Crippen LogP contribution in [0.2, 0.25) is 0 Å². The van der Waals surface area contributed by atoms with Crippen molar-refractivity contribution >= 4 is 11.8 Å². The molecule has 0 bridgehead atoms. The molecule has 2 rings (SSSR count). The summed E-state index contributed by atoms with van der Waals surface area (Å²) < 4.78 is 1.82. The van der Waals surface area contributed by atoms with E-state index in [2.05, 4.69) is 37.1 Å². The van der Waals surface area contributed by atoms with Crippen molar-refractivity contribution in [1.29, 1.82) is 0 Å². The van der Waals surface area contributed by atoms with Crippen molar-refractivity contribution in [1.82, 2.24) is 9.78 Å². The third kappa shape index (κ3) is 3.85. The molecule has 0 amide bonds. The minimum Gasteiger partial charge on any atom is -0.327 e. The molecule has 1 atom stereocenters. The van der Waals surface area contributed by atoms with Gasteiger partial charge in [-0.25, -0.2) is 0 Å². The normalized spacial score (nSPS) is 12.6. The molecule has 2 aromatic rings. The lowest BCUT2D eigenvalue weighted by Crippen LogP contribution is -2.21. The standard InChI is InChI=1S/C15H21N3S/c1-4-13(16)8-12-5-6-14(7-11(12)2)19-15-9-17-18(3)10-15/h5-7,9-10,13H,4,8,16H2,1-3H3. The number of aryl methyl sites for hydroxylation is 2. The van der Waals surface area contributed by atoms with Gasteiger partial charge in [-0.15, -0.1) is 0 Å². The lowest BCUT2D eigenvalue weighted by molar-refractivity contribution is 0.644. The maximum Gasteiger partial charge on any atom is 0.0629 e. The van der Waals surface area contributed by atoms with Gasteiger partial charge in [-0.2, -0.15) is 5.10 Å². The van der Waals surface area contributed by atoms with Crippen molar-refractivity contribution < 1.29 is 0 Å².